The monoisotopic (exact) mass is 288 g/mol. The molecule has 2 aromatic carbocycles. The molecule has 1 unspecified atom stereocenters. The van der Waals surface area contributed by atoms with Gasteiger partial charge < -0.3 is 5.32 Å². The van der Waals surface area contributed by atoms with Crippen molar-refractivity contribution in [3.05, 3.63) is 69.0 Å². The first-order chi connectivity index (χ1) is 9.88. The molecule has 2 aromatic rings. The summed E-state index contributed by atoms with van der Waals surface area (Å²) in [6, 6.07) is 9.45. The van der Waals surface area contributed by atoms with Crippen molar-refractivity contribution in [2.24, 2.45) is 0 Å². The predicted molar refractivity (Wildman–Crippen MR) is 81.0 cm³/mol. The molecule has 1 atom stereocenters. The molecule has 0 bridgehead atoms. The van der Waals surface area contributed by atoms with E-state index in [0.717, 1.165) is 17.2 Å². The molecule has 4 nitrogen and oxygen atoms in total. The number of hydrogen-bond acceptors (Lipinski definition) is 3. The van der Waals surface area contributed by atoms with E-state index >= 15 is 0 Å². The van der Waals surface area contributed by atoms with E-state index in [0.29, 0.717) is 5.69 Å². The third kappa shape index (κ3) is 3.37. The highest BCUT2D eigenvalue weighted by molar-refractivity contribution is 5.62. The summed E-state index contributed by atoms with van der Waals surface area (Å²) in [4.78, 5) is 10.4. The summed E-state index contributed by atoms with van der Waals surface area (Å²) in [6.45, 7) is 5.96. The van der Waals surface area contributed by atoms with Crippen LogP contribution in [0.25, 0.3) is 0 Å². The average molecular weight is 288 g/mol. The summed E-state index contributed by atoms with van der Waals surface area (Å²) in [5.41, 5.74) is 3.43. The van der Waals surface area contributed by atoms with E-state index in [2.05, 4.69) is 5.32 Å². The predicted octanol–water partition coefficient (Wildman–Crippen LogP) is 4.52. The minimum absolute atomic E-state index is 0.117. The summed E-state index contributed by atoms with van der Waals surface area (Å²) in [7, 11) is 0. The normalized spacial score (nSPS) is 12.0. The number of halogens is 1. The van der Waals surface area contributed by atoms with Crippen LogP contribution < -0.4 is 5.32 Å². The lowest BCUT2D eigenvalue weighted by Crippen LogP contribution is -2.09. The first kappa shape index (κ1) is 15.0. The Bertz CT molecular complexity index is 686. The van der Waals surface area contributed by atoms with Gasteiger partial charge in [0.1, 0.15) is 11.5 Å². The number of nitrogens with zero attached hydrogens (tertiary/aromatic N) is 1. The van der Waals surface area contributed by atoms with Crippen LogP contribution in [0, 0.1) is 29.8 Å². The summed E-state index contributed by atoms with van der Waals surface area (Å²) in [5.74, 6) is -0.619. The zero-order valence-electron chi connectivity index (χ0n) is 12.2. The fourth-order valence-electron chi connectivity index (χ4n) is 2.13. The average Bonchev–Trinajstić information content (AvgIpc) is 2.43. The van der Waals surface area contributed by atoms with Gasteiger partial charge in [0.2, 0.25) is 0 Å². The summed E-state index contributed by atoms with van der Waals surface area (Å²) in [6.07, 6.45) is 0. The number of nitro benzene ring substituents is 1. The van der Waals surface area contributed by atoms with E-state index < -0.39 is 10.7 Å². The van der Waals surface area contributed by atoms with Crippen LogP contribution in [0.4, 0.5) is 15.8 Å². The molecule has 0 saturated heterocycles. The molecule has 1 N–H and O–H groups in total. The quantitative estimate of drug-likeness (QED) is 0.664. The van der Waals surface area contributed by atoms with Gasteiger partial charge in [0, 0.05) is 6.04 Å². The van der Waals surface area contributed by atoms with Gasteiger partial charge in [0.15, 0.2) is 0 Å². The van der Waals surface area contributed by atoms with Crippen LogP contribution in [0.3, 0.4) is 0 Å². The molecule has 0 spiro atoms. The Labute approximate surface area is 122 Å². The molecule has 0 aliphatic heterocycles. The van der Waals surface area contributed by atoms with E-state index in [1.807, 2.05) is 39.0 Å². The number of hydrogen-bond donors (Lipinski definition) is 1. The maximum Gasteiger partial charge on any atom is 0.295 e. The standard InChI is InChI=1S/C16H17FN2O2/c1-10-4-5-13(8-11(10)2)12(3)18-15-7-6-14(17)9-16(15)19(20)21/h4-9,12,18H,1-3H3. The lowest BCUT2D eigenvalue weighted by atomic mass is 10.0. The number of benzene rings is 2. The van der Waals surface area contributed by atoms with Crippen molar-refractivity contribution < 1.29 is 9.31 Å². The Morgan fingerprint density at radius 1 is 1.14 bits per heavy atom. The third-order valence-corrected chi connectivity index (χ3v) is 3.56. The van der Waals surface area contributed by atoms with Gasteiger partial charge in [-0.1, -0.05) is 18.2 Å². The molecule has 21 heavy (non-hydrogen) atoms. The highest BCUT2D eigenvalue weighted by atomic mass is 19.1. The van der Waals surface area contributed by atoms with E-state index in [-0.39, 0.29) is 11.7 Å². The number of anilines is 1. The van der Waals surface area contributed by atoms with Crippen LogP contribution in [0.15, 0.2) is 36.4 Å². The second-order valence-corrected chi connectivity index (χ2v) is 5.13. The van der Waals surface area contributed by atoms with Crippen molar-refractivity contribution in [1.29, 1.82) is 0 Å². The molecular formula is C16H17FN2O2. The molecule has 0 radical (unpaired) electrons. The zero-order chi connectivity index (χ0) is 15.6. The maximum absolute atomic E-state index is 13.1. The Kier molecular flexibility index (Phi) is 4.21. The number of nitrogens with one attached hydrogen (secondary N) is 1. The molecule has 0 fully saturated rings. The zero-order valence-corrected chi connectivity index (χ0v) is 12.2. The van der Waals surface area contributed by atoms with Crippen molar-refractivity contribution in [3.8, 4) is 0 Å². The molecule has 0 saturated carbocycles. The fraction of sp³-hybridized carbons (Fsp3) is 0.250. The molecule has 0 aliphatic carbocycles. The lowest BCUT2D eigenvalue weighted by Gasteiger charge is -2.17. The lowest BCUT2D eigenvalue weighted by molar-refractivity contribution is -0.384. The van der Waals surface area contributed by atoms with Gasteiger partial charge in [0.05, 0.1) is 11.0 Å². The largest absolute Gasteiger partial charge is 0.373 e. The molecular weight excluding hydrogens is 271 g/mol. The second kappa shape index (κ2) is 5.91. The topological polar surface area (TPSA) is 55.2 Å². The van der Waals surface area contributed by atoms with Crippen LogP contribution in [-0.2, 0) is 0 Å². The van der Waals surface area contributed by atoms with Crippen molar-refractivity contribution in [2.45, 2.75) is 26.8 Å². The molecule has 2 rings (SSSR count). The van der Waals surface area contributed by atoms with Crippen molar-refractivity contribution in [1.82, 2.24) is 0 Å². The number of aryl methyl sites for hydroxylation is 2. The first-order valence-corrected chi connectivity index (χ1v) is 6.66. The highest BCUT2D eigenvalue weighted by Crippen LogP contribution is 2.29. The number of rotatable bonds is 4. The van der Waals surface area contributed by atoms with Crippen LogP contribution >= 0.6 is 0 Å². The number of nitro groups is 1. The van der Waals surface area contributed by atoms with E-state index in [4.69, 9.17) is 0 Å². The second-order valence-electron chi connectivity index (χ2n) is 5.13. The molecule has 0 heterocycles. The fourth-order valence-corrected chi connectivity index (χ4v) is 2.13. The minimum Gasteiger partial charge on any atom is -0.373 e. The van der Waals surface area contributed by atoms with E-state index in [1.165, 1.54) is 17.7 Å². The SMILES string of the molecule is Cc1ccc(C(C)Nc2ccc(F)cc2[N+](=O)[O-])cc1C. The Morgan fingerprint density at radius 3 is 2.48 bits per heavy atom. The van der Waals surface area contributed by atoms with Crippen LogP contribution in [-0.4, -0.2) is 4.92 Å². The van der Waals surface area contributed by atoms with Crippen molar-refractivity contribution in [2.75, 3.05) is 5.32 Å². The summed E-state index contributed by atoms with van der Waals surface area (Å²) < 4.78 is 13.1. The highest BCUT2D eigenvalue weighted by Gasteiger charge is 2.17. The molecule has 0 aromatic heterocycles. The van der Waals surface area contributed by atoms with Crippen LogP contribution in [0.1, 0.15) is 29.7 Å². The molecule has 5 heteroatoms. The van der Waals surface area contributed by atoms with Gasteiger partial charge in [-0.05, 0) is 49.6 Å². The van der Waals surface area contributed by atoms with Crippen molar-refractivity contribution >= 4 is 11.4 Å². The molecule has 110 valence electrons. The first-order valence-electron chi connectivity index (χ1n) is 6.66. The van der Waals surface area contributed by atoms with Gasteiger partial charge in [-0.25, -0.2) is 4.39 Å². The van der Waals surface area contributed by atoms with E-state index in [9.17, 15) is 14.5 Å². The minimum atomic E-state index is -0.619. The van der Waals surface area contributed by atoms with Gasteiger partial charge in [-0.2, -0.15) is 0 Å². The van der Waals surface area contributed by atoms with E-state index in [1.54, 1.807) is 0 Å². The van der Waals surface area contributed by atoms with Gasteiger partial charge >= 0.3 is 0 Å². The Hall–Kier alpha value is -2.43. The third-order valence-electron chi connectivity index (χ3n) is 3.56. The summed E-state index contributed by atoms with van der Waals surface area (Å²) in [5, 5.41) is 14.1. The summed E-state index contributed by atoms with van der Waals surface area (Å²) >= 11 is 0. The van der Waals surface area contributed by atoms with Crippen LogP contribution in [0.2, 0.25) is 0 Å². The van der Waals surface area contributed by atoms with Gasteiger partial charge in [0.25, 0.3) is 5.69 Å². The Balaban J connectivity index is 2.29. The van der Waals surface area contributed by atoms with Crippen LogP contribution in [0.5, 0.6) is 0 Å². The van der Waals surface area contributed by atoms with Gasteiger partial charge in [-0.3, -0.25) is 10.1 Å². The Morgan fingerprint density at radius 2 is 1.86 bits per heavy atom. The maximum atomic E-state index is 13.1. The molecule has 0 aliphatic rings. The smallest absolute Gasteiger partial charge is 0.295 e. The van der Waals surface area contributed by atoms with Crippen molar-refractivity contribution in [3.63, 3.8) is 0 Å². The molecule has 0 amide bonds. The van der Waals surface area contributed by atoms with Gasteiger partial charge in [-0.15, -0.1) is 0 Å².